The second-order valence-electron chi connectivity index (χ2n) is 5.55. The van der Waals surface area contributed by atoms with E-state index in [1.54, 1.807) is 0 Å². The van der Waals surface area contributed by atoms with Gasteiger partial charge in [0, 0.05) is 6.54 Å². The maximum atomic E-state index is 12.0. The first kappa shape index (κ1) is 18.7. The summed E-state index contributed by atoms with van der Waals surface area (Å²) in [4.78, 5) is 12.0. The fraction of sp³-hybridized carbons (Fsp3) is 0.562. The summed E-state index contributed by atoms with van der Waals surface area (Å²) in [6.45, 7) is 4.88. The number of hydrogen-bond donors (Lipinski definition) is 2. The zero-order chi connectivity index (χ0) is 15.2. The van der Waals surface area contributed by atoms with E-state index in [1.165, 1.54) is 0 Å². The molecule has 5 nitrogen and oxygen atoms in total. The van der Waals surface area contributed by atoms with Gasteiger partial charge in [0.25, 0.3) is 0 Å². The minimum Gasteiger partial charge on any atom is -0.489 e. The number of carbonyl (C=O) groups is 1. The normalized spacial score (nSPS) is 21.8. The van der Waals surface area contributed by atoms with Crippen molar-refractivity contribution in [3.8, 4) is 5.75 Å². The Morgan fingerprint density at radius 1 is 1.50 bits per heavy atom. The highest BCUT2D eigenvalue weighted by atomic mass is 35.5. The van der Waals surface area contributed by atoms with Gasteiger partial charge in [-0.05, 0) is 44.4 Å². The Morgan fingerprint density at radius 2 is 2.27 bits per heavy atom. The van der Waals surface area contributed by atoms with Crippen molar-refractivity contribution in [1.82, 2.24) is 5.32 Å². The SMILES string of the molecule is Cc1cccc(OC(C)CNC(=O)[C@@H]2CC[C@H](CN)O2)c1.Cl. The van der Waals surface area contributed by atoms with E-state index in [1.807, 2.05) is 38.1 Å². The Hall–Kier alpha value is -1.30. The van der Waals surface area contributed by atoms with Crippen molar-refractivity contribution in [3.05, 3.63) is 29.8 Å². The van der Waals surface area contributed by atoms with Crippen LogP contribution in [0.25, 0.3) is 0 Å². The number of hydrogen-bond acceptors (Lipinski definition) is 4. The van der Waals surface area contributed by atoms with E-state index in [2.05, 4.69) is 5.32 Å². The summed E-state index contributed by atoms with van der Waals surface area (Å²) in [5.74, 6) is 0.739. The largest absolute Gasteiger partial charge is 0.489 e. The van der Waals surface area contributed by atoms with Gasteiger partial charge in [-0.1, -0.05) is 12.1 Å². The van der Waals surface area contributed by atoms with E-state index < -0.39 is 0 Å². The predicted molar refractivity (Wildman–Crippen MR) is 88.5 cm³/mol. The molecule has 0 bridgehead atoms. The Bertz CT molecular complexity index is 484. The molecule has 1 amide bonds. The summed E-state index contributed by atoms with van der Waals surface area (Å²) < 4.78 is 11.3. The van der Waals surface area contributed by atoms with Crippen molar-refractivity contribution < 1.29 is 14.3 Å². The minimum absolute atomic E-state index is 0. The molecule has 1 fully saturated rings. The zero-order valence-electron chi connectivity index (χ0n) is 13.1. The van der Waals surface area contributed by atoms with Crippen molar-refractivity contribution in [2.24, 2.45) is 5.73 Å². The number of carbonyl (C=O) groups excluding carboxylic acids is 1. The maximum absolute atomic E-state index is 12.0. The molecule has 1 aromatic carbocycles. The van der Waals surface area contributed by atoms with Crippen LogP contribution in [-0.4, -0.2) is 37.3 Å². The van der Waals surface area contributed by atoms with E-state index >= 15 is 0 Å². The van der Waals surface area contributed by atoms with Crippen molar-refractivity contribution in [2.45, 2.75) is 45.0 Å². The van der Waals surface area contributed by atoms with Crippen LogP contribution in [0.15, 0.2) is 24.3 Å². The molecular formula is C16H25ClN2O3. The second kappa shape index (κ2) is 8.98. The fourth-order valence-electron chi connectivity index (χ4n) is 2.39. The first-order chi connectivity index (χ1) is 10.1. The topological polar surface area (TPSA) is 73.6 Å². The van der Waals surface area contributed by atoms with Gasteiger partial charge in [-0.25, -0.2) is 0 Å². The number of nitrogens with one attached hydrogen (secondary N) is 1. The molecule has 1 saturated heterocycles. The van der Waals surface area contributed by atoms with Crippen molar-refractivity contribution in [2.75, 3.05) is 13.1 Å². The predicted octanol–water partition coefficient (Wildman–Crippen LogP) is 1.81. The maximum Gasteiger partial charge on any atom is 0.249 e. The van der Waals surface area contributed by atoms with Crippen LogP contribution in [0.3, 0.4) is 0 Å². The van der Waals surface area contributed by atoms with Crippen LogP contribution in [-0.2, 0) is 9.53 Å². The molecule has 3 N–H and O–H groups in total. The van der Waals surface area contributed by atoms with Gasteiger partial charge in [0.15, 0.2) is 0 Å². The van der Waals surface area contributed by atoms with E-state index in [0.29, 0.717) is 13.1 Å². The van der Waals surface area contributed by atoms with E-state index in [-0.39, 0.29) is 36.6 Å². The van der Waals surface area contributed by atoms with Gasteiger partial charge < -0.3 is 20.5 Å². The molecule has 3 atom stereocenters. The quantitative estimate of drug-likeness (QED) is 0.835. The van der Waals surface area contributed by atoms with Crippen molar-refractivity contribution in [1.29, 1.82) is 0 Å². The average Bonchev–Trinajstić information content (AvgIpc) is 2.94. The van der Waals surface area contributed by atoms with Gasteiger partial charge in [0.2, 0.25) is 5.91 Å². The Kier molecular flexibility index (Phi) is 7.65. The smallest absolute Gasteiger partial charge is 0.249 e. The monoisotopic (exact) mass is 328 g/mol. The number of halogens is 1. The number of ether oxygens (including phenoxy) is 2. The van der Waals surface area contributed by atoms with Crippen LogP contribution >= 0.6 is 12.4 Å². The van der Waals surface area contributed by atoms with Crippen molar-refractivity contribution in [3.63, 3.8) is 0 Å². The summed E-state index contributed by atoms with van der Waals surface area (Å²) in [5, 5.41) is 2.87. The van der Waals surface area contributed by atoms with Crippen molar-refractivity contribution >= 4 is 18.3 Å². The van der Waals surface area contributed by atoms with E-state index in [4.69, 9.17) is 15.2 Å². The zero-order valence-corrected chi connectivity index (χ0v) is 13.9. The molecule has 2 rings (SSSR count). The standard InChI is InChI=1S/C16H24N2O3.ClH/c1-11-4-3-5-13(8-11)20-12(2)10-18-16(19)15-7-6-14(9-17)21-15;/h3-5,8,12,14-15H,6-7,9-10,17H2,1-2H3,(H,18,19);1H/t12?,14-,15+;/m1./s1. The molecule has 22 heavy (non-hydrogen) atoms. The molecule has 1 aliphatic heterocycles. The Morgan fingerprint density at radius 3 is 2.91 bits per heavy atom. The molecule has 1 heterocycles. The van der Waals surface area contributed by atoms with Crippen LogP contribution < -0.4 is 15.8 Å². The first-order valence-electron chi connectivity index (χ1n) is 7.45. The Labute approximate surface area is 138 Å². The number of nitrogens with two attached hydrogens (primary N) is 1. The number of rotatable bonds is 6. The molecule has 0 aromatic heterocycles. The summed E-state index contributed by atoms with van der Waals surface area (Å²) in [7, 11) is 0. The third kappa shape index (κ3) is 5.48. The molecule has 0 radical (unpaired) electrons. The Balaban J connectivity index is 0.00000242. The average molecular weight is 329 g/mol. The molecule has 1 unspecified atom stereocenters. The summed E-state index contributed by atoms with van der Waals surface area (Å²) in [5.41, 5.74) is 6.69. The minimum atomic E-state index is -0.371. The fourth-order valence-corrected chi connectivity index (χ4v) is 2.39. The lowest BCUT2D eigenvalue weighted by Gasteiger charge is -2.17. The molecule has 0 saturated carbocycles. The van der Waals surface area contributed by atoms with Crippen LogP contribution in [0.5, 0.6) is 5.75 Å². The number of amides is 1. The van der Waals surface area contributed by atoms with E-state index in [0.717, 1.165) is 24.2 Å². The van der Waals surface area contributed by atoms with Crippen LogP contribution in [0.1, 0.15) is 25.3 Å². The van der Waals surface area contributed by atoms with Crippen LogP contribution in [0.2, 0.25) is 0 Å². The van der Waals surface area contributed by atoms with Gasteiger partial charge in [0.1, 0.15) is 18.0 Å². The summed E-state index contributed by atoms with van der Waals surface area (Å²) in [6, 6.07) is 7.86. The van der Waals surface area contributed by atoms with Gasteiger partial charge >= 0.3 is 0 Å². The first-order valence-corrected chi connectivity index (χ1v) is 7.45. The molecule has 0 spiro atoms. The molecular weight excluding hydrogens is 304 g/mol. The highest BCUT2D eigenvalue weighted by molar-refractivity contribution is 5.85. The molecule has 0 aliphatic carbocycles. The molecule has 124 valence electrons. The lowest BCUT2D eigenvalue weighted by Crippen LogP contribution is -2.40. The molecule has 1 aromatic rings. The van der Waals surface area contributed by atoms with E-state index in [9.17, 15) is 4.79 Å². The highest BCUT2D eigenvalue weighted by Gasteiger charge is 2.29. The summed E-state index contributed by atoms with van der Waals surface area (Å²) in [6.07, 6.45) is 1.14. The van der Waals surface area contributed by atoms with Crippen LogP contribution in [0.4, 0.5) is 0 Å². The van der Waals surface area contributed by atoms with Gasteiger partial charge in [0.05, 0.1) is 12.6 Å². The van der Waals surface area contributed by atoms with Crippen LogP contribution in [0, 0.1) is 6.92 Å². The number of aryl methyl sites for hydroxylation is 1. The molecule has 1 aliphatic rings. The van der Waals surface area contributed by atoms with Gasteiger partial charge in [-0.3, -0.25) is 4.79 Å². The lowest BCUT2D eigenvalue weighted by molar-refractivity contribution is -0.132. The van der Waals surface area contributed by atoms with Gasteiger partial charge in [-0.2, -0.15) is 0 Å². The molecule has 6 heteroatoms. The van der Waals surface area contributed by atoms with Gasteiger partial charge in [-0.15, -0.1) is 12.4 Å². The highest BCUT2D eigenvalue weighted by Crippen LogP contribution is 2.19. The lowest BCUT2D eigenvalue weighted by atomic mass is 10.2. The third-order valence-electron chi connectivity index (χ3n) is 3.55. The third-order valence-corrected chi connectivity index (χ3v) is 3.55. The number of benzene rings is 1. The summed E-state index contributed by atoms with van der Waals surface area (Å²) >= 11 is 0. The second-order valence-corrected chi connectivity index (χ2v) is 5.55.